The maximum atomic E-state index is 15.1. The normalized spacial score (nSPS) is 21.4. The molecule has 2 amide bonds. The van der Waals surface area contributed by atoms with Crippen LogP contribution < -0.4 is 15.0 Å². The van der Waals surface area contributed by atoms with Crippen LogP contribution in [0.2, 0.25) is 5.02 Å². The Kier molecular flexibility index (Phi) is 13.6. The minimum atomic E-state index is -3.01. The molecule has 4 fully saturated rings. The van der Waals surface area contributed by atoms with Crippen molar-refractivity contribution in [2.45, 2.75) is 129 Å². The van der Waals surface area contributed by atoms with Crippen LogP contribution in [0.4, 0.5) is 38.1 Å². The van der Waals surface area contributed by atoms with E-state index in [1.165, 1.54) is 32.1 Å². The van der Waals surface area contributed by atoms with Gasteiger partial charge in [0.25, 0.3) is 6.43 Å². The SMILES string of the molecule is CC.COc1nc(N2CC3CCC(C2)N3C(=O)OC(C)(C)C)c2cc(C(F)F)c(-c3ccc(F)c4sc(NC(=O)OC(C)(C)C)nc34)c(Cl)c2n1.FC1CC2CCCN2C1. The molecule has 60 heavy (non-hydrogen) atoms. The highest BCUT2D eigenvalue weighted by molar-refractivity contribution is 7.22. The Labute approximate surface area is 356 Å². The Hall–Kier alpha value is -4.22. The summed E-state index contributed by atoms with van der Waals surface area (Å²) in [7, 11) is 1.38. The first kappa shape index (κ1) is 45.3. The van der Waals surface area contributed by atoms with Gasteiger partial charge in [0.2, 0.25) is 0 Å². The second kappa shape index (κ2) is 18.0. The van der Waals surface area contributed by atoms with E-state index >= 15 is 13.2 Å². The molecule has 4 atom stereocenters. The number of aromatic nitrogens is 3. The van der Waals surface area contributed by atoms with Gasteiger partial charge in [0.05, 0.1) is 39.9 Å². The van der Waals surface area contributed by atoms with E-state index in [2.05, 4.69) is 25.2 Å². The standard InChI is InChI=1S/C33H36ClF3N6O5S.C7H12FN.C2H6/c1-32(2,3)47-30(44)41-29-39-24-17(10-11-20(35)25(24)49-29)21-18(26(36)37)12-19-23(22(21)34)38-28(46-7)40-27(19)42-13-15-8-9-16(14-42)43(15)31(45)48-33(4,5)6;8-6-4-7-2-1-3-9(7)5-6;1-2/h10-12,15-16,26H,8-9,13-14H2,1-7H3,(H,39,41,44);6-7H,1-5H2;1-2H3. The first-order valence-corrected chi connectivity index (χ1v) is 21.6. The van der Waals surface area contributed by atoms with Crippen LogP contribution in [0.5, 0.6) is 6.01 Å². The zero-order valence-corrected chi connectivity index (χ0v) is 37.1. The smallest absolute Gasteiger partial charge is 0.413 e. The van der Waals surface area contributed by atoms with Crippen molar-refractivity contribution in [2.75, 3.05) is 43.5 Å². The summed E-state index contributed by atoms with van der Waals surface area (Å²) in [5.74, 6) is -0.324. The lowest BCUT2D eigenvalue weighted by molar-refractivity contribution is 0.0122. The predicted octanol–water partition coefficient (Wildman–Crippen LogP) is 10.8. The number of benzene rings is 2. The summed E-state index contributed by atoms with van der Waals surface area (Å²) >= 11 is 7.82. The van der Waals surface area contributed by atoms with Gasteiger partial charge in [0.15, 0.2) is 5.13 Å². The van der Waals surface area contributed by atoms with Gasteiger partial charge in [-0.15, -0.1) is 0 Å². The fraction of sp³-hybridized carbons (Fsp3) is 0.595. The highest BCUT2D eigenvalue weighted by Crippen LogP contribution is 2.47. The van der Waals surface area contributed by atoms with Gasteiger partial charge in [-0.2, -0.15) is 9.97 Å². The largest absolute Gasteiger partial charge is 0.467 e. The average molecular weight is 880 g/mol. The number of carbonyl (C=O) groups excluding carboxylic acids is 2. The second-order valence-corrected chi connectivity index (χ2v) is 18.5. The molecule has 0 saturated carbocycles. The topological polar surface area (TPSA) is 122 Å². The number of carbonyl (C=O) groups is 2. The summed E-state index contributed by atoms with van der Waals surface area (Å²) < 4.78 is 74.1. The number of thiazole rings is 1. The fourth-order valence-corrected chi connectivity index (χ4v) is 9.56. The van der Waals surface area contributed by atoms with E-state index in [-0.39, 0.29) is 60.5 Å². The summed E-state index contributed by atoms with van der Waals surface area (Å²) in [6.45, 7) is 17.1. The molecule has 8 rings (SSSR count). The molecule has 4 unspecified atom stereocenters. The molecule has 328 valence electrons. The minimum absolute atomic E-state index is 0.0116. The highest BCUT2D eigenvalue weighted by Gasteiger charge is 2.45. The molecular weight excluding hydrogens is 826 g/mol. The molecule has 4 saturated heterocycles. The zero-order chi connectivity index (χ0) is 43.8. The van der Waals surface area contributed by atoms with Crippen molar-refractivity contribution in [1.29, 1.82) is 0 Å². The van der Waals surface area contributed by atoms with Crippen LogP contribution in [0, 0.1) is 5.82 Å². The number of nitrogens with one attached hydrogen (secondary N) is 1. The molecule has 12 nitrogen and oxygen atoms in total. The van der Waals surface area contributed by atoms with Crippen LogP contribution in [0.25, 0.3) is 32.2 Å². The number of amides is 2. The average Bonchev–Trinajstić information content (AvgIpc) is 3.93. The van der Waals surface area contributed by atoms with Crippen molar-refractivity contribution in [3.8, 4) is 17.1 Å². The quantitative estimate of drug-likeness (QED) is 0.194. The van der Waals surface area contributed by atoms with E-state index in [0.717, 1.165) is 43.2 Å². The molecule has 2 aromatic carbocycles. The highest BCUT2D eigenvalue weighted by atomic mass is 35.5. The number of nitrogens with zero attached hydrogens (tertiary/aromatic N) is 6. The molecule has 4 aliphatic rings. The summed E-state index contributed by atoms with van der Waals surface area (Å²) in [6, 6.07) is 3.95. The third-order valence-corrected chi connectivity index (χ3v) is 11.9. The van der Waals surface area contributed by atoms with Crippen LogP contribution in [-0.2, 0) is 9.47 Å². The lowest BCUT2D eigenvalue weighted by Crippen LogP contribution is -2.57. The Morgan fingerprint density at radius 2 is 1.60 bits per heavy atom. The molecule has 4 aliphatic heterocycles. The van der Waals surface area contributed by atoms with E-state index in [9.17, 15) is 14.0 Å². The van der Waals surface area contributed by atoms with Crippen molar-refractivity contribution >= 4 is 67.2 Å². The third-order valence-electron chi connectivity index (χ3n) is 10.6. The van der Waals surface area contributed by atoms with Crippen LogP contribution in [-0.4, -0.2) is 106 Å². The first-order chi connectivity index (χ1) is 28.3. The number of halogens is 5. The van der Waals surface area contributed by atoms with E-state index in [1.807, 2.05) is 39.5 Å². The third kappa shape index (κ3) is 9.78. The molecular formula is C42H54ClF4N7O5S. The van der Waals surface area contributed by atoms with Crippen molar-refractivity contribution < 1.29 is 41.4 Å². The number of hydrogen-bond donors (Lipinski definition) is 1. The van der Waals surface area contributed by atoms with Crippen LogP contribution >= 0.6 is 22.9 Å². The van der Waals surface area contributed by atoms with E-state index in [0.29, 0.717) is 31.5 Å². The first-order valence-electron chi connectivity index (χ1n) is 20.4. The lowest BCUT2D eigenvalue weighted by Gasteiger charge is -2.42. The molecule has 2 aromatic heterocycles. The van der Waals surface area contributed by atoms with Crippen LogP contribution in [0.3, 0.4) is 0 Å². The molecule has 2 bridgehead atoms. The maximum Gasteiger partial charge on any atom is 0.413 e. The van der Waals surface area contributed by atoms with Crippen LogP contribution in [0.1, 0.15) is 99.5 Å². The van der Waals surface area contributed by atoms with E-state index in [4.69, 9.17) is 25.8 Å². The summed E-state index contributed by atoms with van der Waals surface area (Å²) in [5.41, 5.74) is -1.70. The van der Waals surface area contributed by atoms with Crippen molar-refractivity contribution in [3.05, 3.63) is 34.6 Å². The second-order valence-electron chi connectivity index (χ2n) is 17.1. The Bertz CT molecular complexity index is 2190. The van der Waals surface area contributed by atoms with E-state index in [1.54, 1.807) is 25.7 Å². The maximum absolute atomic E-state index is 15.1. The molecule has 0 aliphatic carbocycles. The van der Waals surface area contributed by atoms with Gasteiger partial charge in [-0.3, -0.25) is 15.1 Å². The number of fused-ring (bicyclic) bond motifs is 5. The van der Waals surface area contributed by atoms with Crippen molar-refractivity contribution in [2.24, 2.45) is 0 Å². The van der Waals surface area contributed by atoms with Gasteiger partial charge in [-0.1, -0.05) is 36.8 Å². The summed E-state index contributed by atoms with van der Waals surface area (Å²) in [4.78, 5) is 44.9. The van der Waals surface area contributed by atoms with Gasteiger partial charge >= 0.3 is 18.2 Å². The molecule has 6 heterocycles. The number of methoxy groups -OCH3 is 1. The number of piperazine rings is 1. The predicted molar refractivity (Wildman–Crippen MR) is 227 cm³/mol. The molecule has 1 N–H and O–H groups in total. The monoisotopic (exact) mass is 879 g/mol. The Morgan fingerprint density at radius 3 is 2.20 bits per heavy atom. The Morgan fingerprint density at radius 1 is 0.933 bits per heavy atom. The van der Waals surface area contributed by atoms with Gasteiger partial charge in [0, 0.05) is 47.8 Å². The minimum Gasteiger partial charge on any atom is -0.467 e. The zero-order valence-electron chi connectivity index (χ0n) is 35.5. The van der Waals surface area contributed by atoms with Crippen LogP contribution in [0.15, 0.2) is 18.2 Å². The van der Waals surface area contributed by atoms with Crippen molar-refractivity contribution in [3.63, 3.8) is 0 Å². The van der Waals surface area contributed by atoms with Gasteiger partial charge in [-0.25, -0.2) is 32.1 Å². The lowest BCUT2D eigenvalue weighted by atomic mass is 9.96. The number of anilines is 2. The van der Waals surface area contributed by atoms with Gasteiger partial charge < -0.3 is 19.1 Å². The number of hydrogen-bond acceptors (Lipinski definition) is 11. The number of ether oxygens (including phenoxy) is 3. The molecule has 0 spiro atoms. The fourth-order valence-electron chi connectivity index (χ4n) is 8.33. The van der Waals surface area contributed by atoms with Gasteiger partial charge in [-0.05, 0) is 98.4 Å². The molecule has 0 radical (unpaired) electrons. The number of rotatable bonds is 5. The number of alkyl halides is 3. The summed E-state index contributed by atoms with van der Waals surface area (Å²) in [5, 5.41) is 2.63. The van der Waals surface area contributed by atoms with E-state index < -0.39 is 47.4 Å². The van der Waals surface area contributed by atoms with Gasteiger partial charge in [0.1, 0.15) is 29.0 Å². The summed E-state index contributed by atoms with van der Waals surface area (Å²) in [6.07, 6.45) is 0.0919. The molecule has 4 aromatic rings. The molecule has 18 heteroatoms. The van der Waals surface area contributed by atoms with Crippen molar-refractivity contribution in [1.82, 2.24) is 24.8 Å². The Balaban J connectivity index is 0.000000476.